The molecule has 0 spiro atoms. The van der Waals surface area contributed by atoms with Crippen molar-refractivity contribution in [2.45, 2.75) is 25.7 Å². The molecule has 0 fully saturated rings. The third-order valence-electron chi connectivity index (χ3n) is 2.48. The van der Waals surface area contributed by atoms with Crippen molar-refractivity contribution in [1.82, 2.24) is 0 Å². The van der Waals surface area contributed by atoms with E-state index >= 15 is 0 Å². The van der Waals surface area contributed by atoms with E-state index in [1.807, 2.05) is 13.8 Å². The Bertz CT molecular complexity index is 366. The summed E-state index contributed by atoms with van der Waals surface area (Å²) in [4.78, 5) is 0. The lowest BCUT2D eigenvalue weighted by Crippen LogP contribution is -2.20. The molecule has 1 rings (SSSR count). The first-order valence-corrected chi connectivity index (χ1v) is 5.81. The van der Waals surface area contributed by atoms with Crippen LogP contribution in [0.2, 0.25) is 5.02 Å². The molecule has 0 saturated carbocycles. The van der Waals surface area contributed by atoms with Crippen molar-refractivity contribution in [2.75, 3.05) is 6.61 Å². The van der Waals surface area contributed by atoms with Crippen LogP contribution in [0.25, 0.3) is 0 Å². The van der Waals surface area contributed by atoms with Gasteiger partial charge in [0.15, 0.2) is 0 Å². The number of hydrogen-bond acceptors (Lipinski definition) is 1. The lowest BCUT2D eigenvalue weighted by molar-refractivity contribution is 0.250. The van der Waals surface area contributed by atoms with Gasteiger partial charge in [-0.1, -0.05) is 25.4 Å². The molecule has 1 nitrogen and oxygen atoms in total. The highest BCUT2D eigenvalue weighted by atomic mass is 79.9. The van der Waals surface area contributed by atoms with Gasteiger partial charge in [0, 0.05) is 11.1 Å². The van der Waals surface area contributed by atoms with Crippen molar-refractivity contribution < 1.29 is 9.50 Å². The second kappa shape index (κ2) is 4.81. The van der Waals surface area contributed by atoms with E-state index in [2.05, 4.69) is 15.9 Å². The summed E-state index contributed by atoms with van der Waals surface area (Å²) in [6.07, 6.45) is 0.502. The summed E-state index contributed by atoms with van der Waals surface area (Å²) in [5, 5.41) is 9.40. The fourth-order valence-electron chi connectivity index (χ4n) is 1.46. The van der Waals surface area contributed by atoms with Gasteiger partial charge in [-0.25, -0.2) is 4.39 Å². The molecular weight excluding hydrogens is 282 g/mol. The average Bonchev–Trinajstić information content (AvgIpc) is 2.11. The lowest BCUT2D eigenvalue weighted by atomic mass is 9.81. The third kappa shape index (κ3) is 2.92. The Kier molecular flexibility index (Phi) is 4.15. The van der Waals surface area contributed by atoms with Crippen LogP contribution in [-0.4, -0.2) is 11.7 Å². The number of aliphatic hydroxyl groups excluding tert-OH is 1. The number of hydrogen-bond donors (Lipinski definition) is 1. The second-order valence-corrected chi connectivity index (χ2v) is 5.37. The van der Waals surface area contributed by atoms with Crippen molar-refractivity contribution in [3.63, 3.8) is 0 Å². The zero-order valence-electron chi connectivity index (χ0n) is 8.65. The average molecular weight is 296 g/mol. The Hall–Kier alpha value is -0.120. The highest BCUT2D eigenvalue weighted by molar-refractivity contribution is 9.10. The number of halogens is 3. The minimum atomic E-state index is -0.414. The van der Waals surface area contributed by atoms with Crippen LogP contribution in [0.1, 0.15) is 25.8 Å². The normalized spacial score (nSPS) is 11.9. The SMILES string of the molecule is CC(C)(CCO)c1cc(Cl)c(Br)cc1F. The molecule has 1 aromatic carbocycles. The first-order chi connectivity index (χ1) is 6.88. The quantitative estimate of drug-likeness (QED) is 0.839. The molecule has 0 heterocycles. The maximum atomic E-state index is 13.7. The highest BCUT2D eigenvalue weighted by Crippen LogP contribution is 2.34. The predicted molar refractivity (Wildman–Crippen MR) is 63.8 cm³/mol. The zero-order valence-corrected chi connectivity index (χ0v) is 11.0. The summed E-state index contributed by atoms with van der Waals surface area (Å²) >= 11 is 9.08. The van der Waals surface area contributed by atoms with Crippen LogP contribution in [-0.2, 0) is 5.41 Å². The van der Waals surface area contributed by atoms with Gasteiger partial charge in [-0.15, -0.1) is 0 Å². The molecule has 15 heavy (non-hydrogen) atoms. The maximum absolute atomic E-state index is 13.7. The molecule has 0 unspecified atom stereocenters. The second-order valence-electron chi connectivity index (χ2n) is 4.10. The summed E-state index contributed by atoms with van der Waals surface area (Å²) in [6, 6.07) is 2.97. The zero-order chi connectivity index (χ0) is 11.6. The fraction of sp³-hybridized carbons (Fsp3) is 0.455. The molecule has 4 heteroatoms. The van der Waals surface area contributed by atoms with Crippen molar-refractivity contribution >= 4 is 27.5 Å². The van der Waals surface area contributed by atoms with E-state index in [9.17, 15) is 4.39 Å². The molecule has 0 saturated heterocycles. The Labute approximate surface area is 102 Å². The topological polar surface area (TPSA) is 20.2 Å². The van der Waals surface area contributed by atoms with E-state index in [4.69, 9.17) is 16.7 Å². The predicted octanol–water partition coefficient (Wildman–Crippen LogP) is 3.90. The molecule has 0 bridgehead atoms. The maximum Gasteiger partial charge on any atom is 0.128 e. The molecule has 0 aliphatic rings. The van der Waals surface area contributed by atoms with E-state index in [0.29, 0.717) is 21.5 Å². The molecule has 0 aromatic heterocycles. The van der Waals surface area contributed by atoms with E-state index in [-0.39, 0.29) is 12.4 Å². The van der Waals surface area contributed by atoms with Crippen molar-refractivity contribution in [2.24, 2.45) is 0 Å². The Morgan fingerprint density at radius 1 is 1.47 bits per heavy atom. The smallest absolute Gasteiger partial charge is 0.128 e. The van der Waals surface area contributed by atoms with Gasteiger partial charge in [-0.2, -0.15) is 0 Å². The third-order valence-corrected chi connectivity index (χ3v) is 3.67. The lowest BCUT2D eigenvalue weighted by Gasteiger charge is -2.25. The van der Waals surface area contributed by atoms with Crippen LogP contribution in [0.4, 0.5) is 4.39 Å². The molecule has 0 radical (unpaired) electrons. The minimum Gasteiger partial charge on any atom is -0.396 e. The molecule has 1 aromatic rings. The van der Waals surface area contributed by atoms with Crippen LogP contribution in [0.5, 0.6) is 0 Å². The first kappa shape index (κ1) is 12.9. The Balaban J connectivity index is 3.19. The summed E-state index contributed by atoms with van der Waals surface area (Å²) in [5.41, 5.74) is 0.119. The van der Waals surface area contributed by atoms with Gasteiger partial charge >= 0.3 is 0 Å². The van der Waals surface area contributed by atoms with Crippen LogP contribution in [0, 0.1) is 5.82 Å². The Morgan fingerprint density at radius 3 is 2.60 bits per heavy atom. The van der Waals surface area contributed by atoms with Gasteiger partial charge < -0.3 is 5.11 Å². The fourth-order valence-corrected chi connectivity index (χ4v) is 1.93. The summed E-state index contributed by atoms with van der Waals surface area (Å²) in [6.45, 7) is 3.79. The number of aliphatic hydroxyl groups is 1. The van der Waals surface area contributed by atoms with Crippen LogP contribution < -0.4 is 0 Å². The van der Waals surface area contributed by atoms with Gasteiger partial charge in [-0.05, 0) is 45.5 Å². The summed E-state index contributed by atoms with van der Waals surface area (Å²) in [7, 11) is 0. The van der Waals surface area contributed by atoms with Crippen LogP contribution in [0.15, 0.2) is 16.6 Å². The van der Waals surface area contributed by atoms with Gasteiger partial charge in [0.2, 0.25) is 0 Å². The van der Waals surface area contributed by atoms with E-state index in [1.165, 1.54) is 6.07 Å². The standard InChI is InChI=1S/C11H13BrClFO/c1-11(2,3-4-15)7-5-9(13)8(12)6-10(7)14/h5-6,15H,3-4H2,1-2H3. The van der Waals surface area contributed by atoms with Gasteiger partial charge in [0.05, 0.1) is 5.02 Å². The largest absolute Gasteiger partial charge is 0.396 e. The Morgan fingerprint density at radius 2 is 2.07 bits per heavy atom. The van der Waals surface area contributed by atoms with Crippen molar-refractivity contribution in [3.8, 4) is 0 Å². The van der Waals surface area contributed by atoms with Crippen LogP contribution >= 0.6 is 27.5 Å². The highest BCUT2D eigenvalue weighted by Gasteiger charge is 2.24. The van der Waals surface area contributed by atoms with Crippen LogP contribution in [0.3, 0.4) is 0 Å². The molecular formula is C11H13BrClFO. The first-order valence-electron chi connectivity index (χ1n) is 4.64. The summed E-state index contributed by atoms with van der Waals surface area (Å²) < 4.78 is 14.2. The molecule has 1 N–H and O–H groups in total. The van der Waals surface area contributed by atoms with Crippen molar-refractivity contribution in [3.05, 3.63) is 33.0 Å². The van der Waals surface area contributed by atoms with E-state index in [0.717, 1.165) is 0 Å². The van der Waals surface area contributed by atoms with E-state index in [1.54, 1.807) is 6.07 Å². The molecule has 0 aliphatic carbocycles. The molecule has 0 amide bonds. The van der Waals surface area contributed by atoms with Crippen molar-refractivity contribution in [1.29, 1.82) is 0 Å². The van der Waals surface area contributed by atoms with Gasteiger partial charge in [-0.3, -0.25) is 0 Å². The molecule has 0 aliphatic heterocycles. The molecule has 0 atom stereocenters. The number of benzene rings is 1. The van der Waals surface area contributed by atoms with Gasteiger partial charge in [0.1, 0.15) is 5.82 Å². The monoisotopic (exact) mass is 294 g/mol. The molecule has 84 valence electrons. The van der Waals surface area contributed by atoms with Gasteiger partial charge in [0.25, 0.3) is 0 Å². The summed E-state index contributed by atoms with van der Waals surface area (Å²) in [5.74, 6) is -0.301. The number of rotatable bonds is 3. The minimum absolute atomic E-state index is 0.0279. The van der Waals surface area contributed by atoms with E-state index < -0.39 is 5.41 Å².